The van der Waals surface area contributed by atoms with Gasteiger partial charge in [0.1, 0.15) is 0 Å². The van der Waals surface area contributed by atoms with Gasteiger partial charge in [-0.3, -0.25) is 4.79 Å². The molecule has 1 aromatic carbocycles. The van der Waals surface area contributed by atoms with Crippen molar-refractivity contribution in [1.82, 2.24) is 0 Å². The van der Waals surface area contributed by atoms with Crippen molar-refractivity contribution in [2.75, 3.05) is 7.11 Å². The summed E-state index contributed by atoms with van der Waals surface area (Å²) in [6, 6.07) is 4.80. The molecule has 0 bridgehead atoms. The van der Waals surface area contributed by atoms with E-state index >= 15 is 0 Å². The molecule has 1 amide bonds. The van der Waals surface area contributed by atoms with Crippen LogP contribution < -0.4 is 10.6 Å². The van der Waals surface area contributed by atoms with Crippen LogP contribution in [-0.4, -0.2) is 19.0 Å². The summed E-state index contributed by atoms with van der Waals surface area (Å²) in [5.74, 6) is -0.706. The third-order valence-electron chi connectivity index (χ3n) is 1.96. The van der Waals surface area contributed by atoms with Crippen molar-refractivity contribution in [3.05, 3.63) is 34.3 Å². The predicted molar refractivity (Wildman–Crippen MR) is 48.0 cm³/mol. The molecule has 0 aromatic heterocycles. The average molecular weight is 189 g/mol. The number of fused-ring (bicyclic) bond motifs is 1. The Morgan fingerprint density at radius 1 is 1.43 bits per heavy atom. The van der Waals surface area contributed by atoms with Crippen LogP contribution in [0.3, 0.4) is 0 Å². The standard InChI is InChI=1S/C10H7NO3/c1-14-10(13)6-2-3-8-7(4-6)5-9(12)11-8/h2-5H,1H3. The summed E-state index contributed by atoms with van der Waals surface area (Å²) in [7, 11) is 1.31. The summed E-state index contributed by atoms with van der Waals surface area (Å²) in [4.78, 5) is 25.8. The predicted octanol–water partition coefficient (Wildman–Crippen LogP) is -0.587. The molecule has 2 rings (SSSR count). The highest BCUT2D eigenvalue weighted by atomic mass is 16.5. The molecule has 0 saturated heterocycles. The van der Waals surface area contributed by atoms with Crippen LogP contribution in [0.25, 0.3) is 6.08 Å². The van der Waals surface area contributed by atoms with E-state index in [-0.39, 0.29) is 5.91 Å². The fourth-order valence-corrected chi connectivity index (χ4v) is 1.30. The average Bonchev–Trinajstić information content (AvgIpc) is 2.55. The molecule has 1 aliphatic rings. The second kappa shape index (κ2) is 3.06. The number of carbonyl (C=O) groups is 2. The van der Waals surface area contributed by atoms with Crippen molar-refractivity contribution >= 4 is 18.0 Å². The lowest BCUT2D eigenvalue weighted by Crippen LogP contribution is -2.22. The van der Waals surface area contributed by atoms with Crippen LogP contribution in [0.1, 0.15) is 10.4 Å². The fourth-order valence-electron chi connectivity index (χ4n) is 1.30. The van der Waals surface area contributed by atoms with E-state index in [4.69, 9.17) is 0 Å². The Morgan fingerprint density at radius 2 is 2.21 bits per heavy atom. The van der Waals surface area contributed by atoms with Crippen LogP contribution in [-0.2, 0) is 9.53 Å². The van der Waals surface area contributed by atoms with Gasteiger partial charge in [0.2, 0.25) is 0 Å². The lowest BCUT2D eigenvalue weighted by atomic mass is 10.2. The molecule has 0 fully saturated rings. The Morgan fingerprint density at radius 3 is 2.93 bits per heavy atom. The summed E-state index contributed by atoms with van der Waals surface area (Å²) in [6.07, 6.45) is 1.39. The van der Waals surface area contributed by atoms with Crippen molar-refractivity contribution in [3.63, 3.8) is 0 Å². The van der Waals surface area contributed by atoms with Gasteiger partial charge in [-0.25, -0.2) is 9.79 Å². The van der Waals surface area contributed by atoms with Crippen molar-refractivity contribution < 1.29 is 14.3 Å². The first-order valence-corrected chi connectivity index (χ1v) is 4.03. The molecule has 70 valence electrons. The number of hydrogen-bond acceptors (Lipinski definition) is 3. The van der Waals surface area contributed by atoms with Gasteiger partial charge in [-0.1, -0.05) is 0 Å². The van der Waals surface area contributed by atoms with Crippen LogP contribution in [0, 0.1) is 0 Å². The van der Waals surface area contributed by atoms with Crippen molar-refractivity contribution in [2.24, 2.45) is 4.99 Å². The van der Waals surface area contributed by atoms with Gasteiger partial charge in [0, 0.05) is 11.3 Å². The largest absolute Gasteiger partial charge is 0.465 e. The molecule has 0 aliphatic carbocycles. The minimum Gasteiger partial charge on any atom is -0.465 e. The van der Waals surface area contributed by atoms with Gasteiger partial charge in [-0.05, 0) is 18.2 Å². The van der Waals surface area contributed by atoms with E-state index < -0.39 is 5.97 Å². The minimum atomic E-state index is -0.416. The van der Waals surface area contributed by atoms with E-state index in [0.717, 1.165) is 0 Å². The number of methoxy groups -OCH3 is 1. The Hall–Kier alpha value is -1.97. The van der Waals surface area contributed by atoms with Crippen molar-refractivity contribution in [3.8, 4) is 0 Å². The topological polar surface area (TPSA) is 55.7 Å². The molecule has 0 atom stereocenters. The zero-order valence-corrected chi connectivity index (χ0v) is 7.48. The van der Waals surface area contributed by atoms with Gasteiger partial charge in [-0.2, -0.15) is 0 Å². The molecule has 1 aromatic rings. The summed E-state index contributed by atoms with van der Waals surface area (Å²) >= 11 is 0. The molecular formula is C10H7NO3. The molecular weight excluding hydrogens is 182 g/mol. The van der Waals surface area contributed by atoms with E-state index in [1.54, 1.807) is 18.2 Å². The SMILES string of the molecule is COC(=O)c1ccc2c(c1)=CC(=O)N=2. The Balaban J connectivity index is 2.60. The van der Waals surface area contributed by atoms with Crippen LogP contribution in [0.2, 0.25) is 0 Å². The van der Waals surface area contributed by atoms with E-state index in [1.165, 1.54) is 13.2 Å². The van der Waals surface area contributed by atoms with Crippen molar-refractivity contribution in [2.45, 2.75) is 0 Å². The number of amides is 1. The fraction of sp³-hybridized carbons (Fsp3) is 0.100. The molecule has 0 radical (unpaired) electrons. The molecule has 0 unspecified atom stereocenters. The molecule has 1 aliphatic heterocycles. The monoisotopic (exact) mass is 189 g/mol. The van der Waals surface area contributed by atoms with Gasteiger partial charge in [0.15, 0.2) is 0 Å². The molecule has 14 heavy (non-hydrogen) atoms. The first kappa shape index (κ1) is 8.62. The summed E-state index contributed by atoms with van der Waals surface area (Å²) < 4.78 is 4.55. The zero-order chi connectivity index (χ0) is 10.1. The van der Waals surface area contributed by atoms with Crippen LogP contribution >= 0.6 is 0 Å². The third kappa shape index (κ3) is 1.31. The summed E-state index contributed by atoms with van der Waals surface area (Å²) in [6.45, 7) is 0. The maximum Gasteiger partial charge on any atom is 0.337 e. The maximum absolute atomic E-state index is 11.1. The maximum atomic E-state index is 11.1. The normalized spacial score (nSPS) is 12.8. The quantitative estimate of drug-likeness (QED) is 0.555. The number of ether oxygens (including phenoxy) is 1. The molecule has 4 nitrogen and oxygen atoms in total. The zero-order valence-electron chi connectivity index (χ0n) is 7.48. The van der Waals surface area contributed by atoms with Crippen LogP contribution in [0.5, 0.6) is 0 Å². The number of rotatable bonds is 1. The minimum absolute atomic E-state index is 0.290. The van der Waals surface area contributed by atoms with E-state index in [1.807, 2.05) is 0 Å². The summed E-state index contributed by atoms with van der Waals surface area (Å²) in [5.41, 5.74) is 0.424. The van der Waals surface area contributed by atoms with Gasteiger partial charge >= 0.3 is 5.97 Å². The van der Waals surface area contributed by atoms with Gasteiger partial charge in [0.05, 0.1) is 18.0 Å². The van der Waals surface area contributed by atoms with Gasteiger partial charge in [0.25, 0.3) is 5.91 Å². The van der Waals surface area contributed by atoms with E-state index in [0.29, 0.717) is 16.1 Å². The number of carbonyl (C=O) groups excluding carboxylic acids is 2. The molecule has 4 heteroatoms. The number of nitrogens with zero attached hydrogens (tertiary/aromatic N) is 1. The second-order valence-electron chi connectivity index (χ2n) is 2.86. The molecule has 0 saturated carbocycles. The van der Waals surface area contributed by atoms with E-state index in [9.17, 15) is 9.59 Å². The first-order valence-electron chi connectivity index (χ1n) is 4.03. The summed E-state index contributed by atoms with van der Waals surface area (Å²) in [5, 5.41) is 1.26. The number of benzene rings is 1. The smallest absolute Gasteiger partial charge is 0.337 e. The molecule has 0 N–H and O–H groups in total. The number of esters is 1. The highest BCUT2D eigenvalue weighted by molar-refractivity contribution is 6.06. The lowest BCUT2D eigenvalue weighted by molar-refractivity contribution is -0.112. The van der Waals surface area contributed by atoms with Crippen LogP contribution in [0.4, 0.5) is 0 Å². The second-order valence-corrected chi connectivity index (χ2v) is 2.86. The highest BCUT2D eigenvalue weighted by Gasteiger charge is 2.08. The van der Waals surface area contributed by atoms with Crippen LogP contribution in [0.15, 0.2) is 23.2 Å². The Kier molecular flexibility index (Phi) is 1.89. The molecule has 0 spiro atoms. The molecule has 1 heterocycles. The van der Waals surface area contributed by atoms with Crippen molar-refractivity contribution in [1.29, 1.82) is 0 Å². The Bertz CT molecular complexity index is 531. The number of hydrogen-bond donors (Lipinski definition) is 0. The Labute approximate surface area is 79.5 Å². The lowest BCUT2D eigenvalue weighted by Gasteiger charge is -1.96. The third-order valence-corrected chi connectivity index (χ3v) is 1.96. The highest BCUT2D eigenvalue weighted by Crippen LogP contribution is 1.96. The van der Waals surface area contributed by atoms with Gasteiger partial charge < -0.3 is 4.74 Å². The van der Waals surface area contributed by atoms with E-state index in [2.05, 4.69) is 9.73 Å². The van der Waals surface area contributed by atoms with Gasteiger partial charge in [-0.15, -0.1) is 0 Å². The first-order chi connectivity index (χ1) is 6.70.